The molecule has 2 atom stereocenters. The molecule has 0 saturated carbocycles. The van der Waals surface area contributed by atoms with Crippen LogP contribution in [0.1, 0.15) is 49.1 Å². The number of aromatic nitrogens is 3. The Morgan fingerprint density at radius 3 is 2.67 bits per heavy atom. The molecule has 6 heteroatoms. The highest BCUT2D eigenvalue weighted by atomic mass is 16.3. The summed E-state index contributed by atoms with van der Waals surface area (Å²) in [6.07, 6.45) is 3.83. The van der Waals surface area contributed by atoms with Crippen molar-refractivity contribution in [2.75, 3.05) is 0 Å². The van der Waals surface area contributed by atoms with Crippen LogP contribution in [0.3, 0.4) is 0 Å². The maximum Gasteiger partial charge on any atom is 0.294 e. The molecule has 2 unspecified atom stereocenters. The quantitative estimate of drug-likeness (QED) is 0.800. The lowest BCUT2D eigenvalue weighted by molar-refractivity contribution is 0.0278. The summed E-state index contributed by atoms with van der Waals surface area (Å²) < 4.78 is 0. The Hall–Kier alpha value is -1.43. The van der Waals surface area contributed by atoms with Crippen molar-refractivity contribution in [1.82, 2.24) is 20.1 Å². The minimum Gasteiger partial charge on any atom is -0.393 e. The standard InChI is InChI=1S/C12H18N4O2/c1-2-10-13-11(15-14-10)12(18)16-7-3-4-8(16)6-9(17)5-7/h7-9,17H,2-6H2,1H3,(H,13,14,15). The van der Waals surface area contributed by atoms with Crippen LogP contribution in [-0.2, 0) is 6.42 Å². The fourth-order valence-corrected chi connectivity index (χ4v) is 3.14. The first-order valence-corrected chi connectivity index (χ1v) is 6.61. The molecule has 2 saturated heterocycles. The fraction of sp³-hybridized carbons (Fsp3) is 0.750. The number of aromatic amines is 1. The zero-order valence-corrected chi connectivity index (χ0v) is 10.5. The van der Waals surface area contributed by atoms with Crippen molar-refractivity contribution in [3.05, 3.63) is 11.6 Å². The summed E-state index contributed by atoms with van der Waals surface area (Å²) in [5.41, 5.74) is 0. The second-order valence-corrected chi connectivity index (χ2v) is 5.18. The van der Waals surface area contributed by atoms with Gasteiger partial charge in [0.25, 0.3) is 5.91 Å². The normalized spacial score (nSPS) is 30.8. The maximum absolute atomic E-state index is 12.4. The van der Waals surface area contributed by atoms with Gasteiger partial charge in [-0.1, -0.05) is 6.92 Å². The number of hydrogen-bond acceptors (Lipinski definition) is 4. The summed E-state index contributed by atoms with van der Waals surface area (Å²) in [7, 11) is 0. The van der Waals surface area contributed by atoms with E-state index in [0.29, 0.717) is 12.8 Å². The van der Waals surface area contributed by atoms with Gasteiger partial charge in [-0.3, -0.25) is 9.89 Å². The first-order chi connectivity index (χ1) is 8.69. The van der Waals surface area contributed by atoms with Crippen LogP contribution in [0.5, 0.6) is 0 Å². The molecule has 2 aliphatic rings. The predicted octanol–water partition coefficient (Wildman–Crippen LogP) is 0.495. The van der Waals surface area contributed by atoms with Crippen molar-refractivity contribution in [1.29, 1.82) is 0 Å². The predicted molar refractivity (Wildman–Crippen MR) is 64.0 cm³/mol. The molecule has 2 aliphatic heterocycles. The minimum absolute atomic E-state index is 0.0923. The average molecular weight is 250 g/mol. The molecule has 18 heavy (non-hydrogen) atoms. The number of fused-ring (bicyclic) bond motifs is 2. The molecule has 3 rings (SSSR count). The van der Waals surface area contributed by atoms with Crippen LogP contribution in [0, 0.1) is 0 Å². The molecule has 0 aliphatic carbocycles. The monoisotopic (exact) mass is 250 g/mol. The molecule has 98 valence electrons. The zero-order valence-electron chi connectivity index (χ0n) is 10.5. The van der Waals surface area contributed by atoms with Gasteiger partial charge < -0.3 is 10.0 Å². The second kappa shape index (κ2) is 4.35. The van der Waals surface area contributed by atoms with Gasteiger partial charge in [0.05, 0.1) is 6.10 Å². The van der Waals surface area contributed by atoms with Crippen LogP contribution in [-0.4, -0.2) is 49.3 Å². The van der Waals surface area contributed by atoms with Crippen LogP contribution < -0.4 is 0 Å². The van der Waals surface area contributed by atoms with E-state index in [-0.39, 0.29) is 29.9 Å². The topological polar surface area (TPSA) is 82.1 Å². The Morgan fingerprint density at radius 1 is 1.44 bits per heavy atom. The first kappa shape index (κ1) is 11.6. The number of aliphatic hydroxyl groups is 1. The van der Waals surface area contributed by atoms with E-state index in [2.05, 4.69) is 15.2 Å². The van der Waals surface area contributed by atoms with E-state index < -0.39 is 0 Å². The summed E-state index contributed by atoms with van der Waals surface area (Å²) in [4.78, 5) is 18.5. The molecule has 0 radical (unpaired) electrons. The SMILES string of the molecule is CCc1nc(C(=O)N2C3CCC2CC(O)C3)n[nH]1. The van der Waals surface area contributed by atoms with Crippen LogP contribution in [0.4, 0.5) is 0 Å². The highest BCUT2D eigenvalue weighted by Gasteiger charge is 2.43. The number of rotatable bonds is 2. The van der Waals surface area contributed by atoms with Crippen molar-refractivity contribution in [3.8, 4) is 0 Å². The lowest BCUT2D eigenvalue weighted by atomic mass is 10.00. The zero-order chi connectivity index (χ0) is 12.7. The number of H-pyrrole nitrogens is 1. The third-order valence-electron chi connectivity index (χ3n) is 4.00. The molecule has 0 aromatic carbocycles. The number of nitrogens with one attached hydrogen (secondary N) is 1. The van der Waals surface area contributed by atoms with Crippen molar-refractivity contribution in [2.24, 2.45) is 0 Å². The molecule has 0 spiro atoms. The van der Waals surface area contributed by atoms with Crippen molar-refractivity contribution < 1.29 is 9.90 Å². The van der Waals surface area contributed by atoms with Gasteiger partial charge in [0, 0.05) is 18.5 Å². The van der Waals surface area contributed by atoms with Gasteiger partial charge >= 0.3 is 0 Å². The van der Waals surface area contributed by atoms with Crippen molar-refractivity contribution in [3.63, 3.8) is 0 Å². The summed E-state index contributed by atoms with van der Waals surface area (Å²) in [5.74, 6) is 0.910. The summed E-state index contributed by atoms with van der Waals surface area (Å²) in [6.45, 7) is 1.97. The van der Waals surface area contributed by atoms with Crippen molar-refractivity contribution >= 4 is 5.91 Å². The minimum atomic E-state index is -0.259. The smallest absolute Gasteiger partial charge is 0.294 e. The maximum atomic E-state index is 12.4. The third-order valence-corrected chi connectivity index (χ3v) is 4.00. The Kier molecular flexibility index (Phi) is 2.81. The first-order valence-electron chi connectivity index (χ1n) is 6.61. The number of aliphatic hydroxyl groups excluding tert-OH is 1. The number of piperidine rings is 1. The molecule has 1 aromatic rings. The van der Waals surface area contributed by atoms with Crippen LogP contribution in [0.2, 0.25) is 0 Å². The Bertz CT molecular complexity index is 445. The summed E-state index contributed by atoms with van der Waals surface area (Å²) >= 11 is 0. The fourth-order valence-electron chi connectivity index (χ4n) is 3.14. The molecule has 6 nitrogen and oxygen atoms in total. The van der Waals surface area contributed by atoms with Crippen LogP contribution in [0.25, 0.3) is 0 Å². The van der Waals surface area contributed by atoms with Gasteiger partial charge in [0.1, 0.15) is 5.82 Å². The van der Waals surface area contributed by atoms with Gasteiger partial charge in [0.15, 0.2) is 0 Å². The molecule has 1 aromatic heterocycles. The lowest BCUT2D eigenvalue weighted by Crippen LogP contribution is -2.48. The number of aryl methyl sites for hydroxylation is 1. The molecule has 2 N–H and O–H groups in total. The molecule has 2 bridgehead atoms. The molecule has 2 fully saturated rings. The Balaban J connectivity index is 1.81. The molecule has 3 heterocycles. The van der Waals surface area contributed by atoms with E-state index >= 15 is 0 Å². The number of nitrogens with zero attached hydrogens (tertiary/aromatic N) is 3. The second-order valence-electron chi connectivity index (χ2n) is 5.18. The highest BCUT2D eigenvalue weighted by molar-refractivity contribution is 5.91. The largest absolute Gasteiger partial charge is 0.393 e. The van der Waals surface area contributed by atoms with Crippen molar-refractivity contribution in [2.45, 2.75) is 57.2 Å². The highest BCUT2D eigenvalue weighted by Crippen LogP contribution is 2.36. The molecule has 1 amide bonds. The number of carbonyl (C=O) groups excluding carboxylic acids is 1. The number of amides is 1. The lowest BCUT2D eigenvalue weighted by Gasteiger charge is -2.36. The summed E-state index contributed by atoms with van der Waals surface area (Å²) in [6, 6.07) is 0.324. The van der Waals surface area contributed by atoms with Crippen LogP contribution >= 0.6 is 0 Å². The molecular formula is C12H18N4O2. The van der Waals surface area contributed by atoms with E-state index in [4.69, 9.17) is 0 Å². The third kappa shape index (κ3) is 1.80. The average Bonchev–Trinajstić information content (AvgIpc) is 2.92. The summed E-state index contributed by atoms with van der Waals surface area (Å²) in [5, 5.41) is 16.5. The van der Waals surface area contributed by atoms with Gasteiger partial charge in [-0.2, -0.15) is 0 Å². The molecular weight excluding hydrogens is 232 g/mol. The Labute approximate surface area is 105 Å². The van der Waals surface area contributed by atoms with E-state index in [1.165, 1.54) is 0 Å². The van der Waals surface area contributed by atoms with Gasteiger partial charge in [-0.05, 0) is 25.7 Å². The van der Waals surface area contributed by atoms with Crippen LogP contribution in [0.15, 0.2) is 0 Å². The van der Waals surface area contributed by atoms with E-state index in [0.717, 1.165) is 25.1 Å². The Morgan fingerprint density at radius 2 is 2.11 bits per heavy atom. The van der Waals surface area contributed by atoms with Gasteiger partial charge in [-0.15, -0.1) is 5.10 Å². The number of carbonyl (C=O) groups is 1. The van der Waals surface area contributed by atoms with Gasteiger partial charge in [-0.25, -0.2) is 4.98 Å². The van der Waals surface area contributed by atoms with E-state index in [9.17, 15) is 9.90 Å². The van der Waals surface area contributed by atoms with Gasteiger partial charge in [0.2, 0.25) is 5.82 Å². The number of hydrogen-bond donors (Lipinski definition) is 2. The van der Waals surface area contributed by atoms with E-state index in [1.54, 1.807) is 0 Å². The van der Waals surface area contributed by atoms with E-state index in [1.807, 2.05) is 11.8 Å².